The van der Waals surface area contributed by atoms with Gasteiger partial charge in [-0.05, 0) is 71.6 Å². The van der Waals surface area contributed by atoms with E-state index in [4.69, 9.17) is 14.4 Å². The minimum atomic E-state index is 0.636. The third-order valence-electron chi connectivity index (χ3n) is 11.1. The second-order valence-electron chi connectivity index (χ2n) is 14.1. The largest absolute Gasteiger partial charge is 0.452 e. The van der Waals surface area contributed by atoms with Gasteiger partial charge >= 0.3 is 0 Å². The molecule has 1 aliphatic rings. The lowest BCUT2D eigenvalue weighted by molar-refractivity contribution is 0.667. The van der Waals surface area contributed by atoms with E-state index in [0.717, 1.165) is 67.1 Å². The fourth-order valence-electron chi connectivity index (χ4n) is 8.76. The lowest BCUT2D eigenvalue weighted by Gasteiger charge is -2.34. The fourth-order valence-corrected chi connectivity index (χ4v) is 8.76. The molecule has 8 aromatic carbocycles. The van der Waals surface area contributed by atoms with Gasteiger partial charge in [0.1, 0.15) is 16.8 Å². The van der Waals surface area contributed by atoms with Gasteiger partial charge in [-0.2, -0.15) is 0 Å². The fraction of sp³-hybridized carbons (Fsp3) is 0. The van der Waals surface area contributed by atoms with Crippen molar-refractivity contribution in [1.82, 2.24) is 14.5 Å². The summed E-state index contributed by atoms with van der Waals surface area (Å²) in [6.07, 6.45) is 0. The van der Waals surface area contributed by atoms with Gasteiger partial charge in [0, 0.05) is 43.9 Å². The average Bonchev–Trinajstić information content (AvgIpc) is 3.79. The van der Waals surface area contributed by atoms with E-state index in [1.807, 2.05) is 18.2 Å². The third-order valence-corrected chi connectivity index (χ3v) is 11.1. The van der Waals surface area contributed by atoms with Crippen LogP contribution in [-0.4, -0.2) is 14.5 Å². The minimum Gasteiger partial charge on any atom is -0.452 e. The summed E-state index contributed by atoms with van der Waals surface area (Å²) < 4.78 is 8.98. The van der Waals surface area contributed by atoms with E-state index in [1.165, 1.54) is 32.7 Å². The topological polar surface area (TPSA) is 47.1 Å². The van der Waals surface area contributed by atoms with Crippen molar-refractivity contribution in [3.63, 3.8) is 0 Å². The van der Waals surface area contributed by atoms with E-state index >= 15 is 0 Å². The highest BCUT2D eigenvalue weighted by Gasteiger charge is 2.28. The summed E-state index contributed by atoms with van der Waals surface area (Å²) in [6, 6.07) is 64.3. The Kier molecular flexibility index (Phi) is 6.27. The summed E-state index contributed by atoms with van der Waals surface area (Å²) in [7, 11) is 0. The van der Waals surface area contributed by atoms with Crippen LogP contribution in [0.5, 0.6) is 0 Å². The van der Waals surface area contributed by atoms with Crippen LogP contribution in [-0.2, 0) is 0 Å². The molecule has 0 aliphatic carbocycles. The maximum atomic E-state index is 6.64. The van der Waals surface area contributed by atoms with Crippen molar-refractivity contribution in [2.45, 2.75) is 0 Å². The first-order chi connectivity index (χ1) is 27.3. The molecule has 256 valence electrons. The zero-order valence-electron chi connectivity index (χ0n) is 29.5. The average molecular weight is 703 g/mol. The number of hydrogen-bond donors (Lipinski definition) is 0. The van der Waals surface area contributed by atoms with Crippen molar-refractivity contribution in [2.75, 3.05) is 4.90 Å². The van der Waals surface area contributed by atoms with E-state index in [1.54, 1.807) is 0 Å². The Balaban J connectivity index is 1.13. The molecule has 11 aromatic rings. The van der Waals surface area contributed by atoms with Crippen molar-refractivity contribution in [3.8, 4) is 39.5 Å². The summed E-state index contributed by atoms with van der Waals surface area (Å²) in [5.41, 5.74) is 14.0. The van der Waals surface area contributed by atoms with E-state index in [9.17, 15) is 0 Å². The maximum Gasteiger partial charge on any atom is 0.180 e. The highest BCUT2D eigenvalue weighted by molar-refractivity contribution is 6.15. The lowest BCUT2D eigenvalue weighted by Crippen LogP contribution is -2.16. The molecule has 55 heavy (non-hydrogen) atoms. The number of aromatic nitrogens is 3. The van der Waals surface area contributed by atoms with Crippen LogP contribution >= 0.6 is 0 Å². The molecule has 5 nitrogen and oxygen atoms in total. The quantitative estimate of drug-likeness (QED) is 0.183. The monoisotopic (exact) mass is 702 g/mol. The predicted molar refractivity (Wildman–Crippen MR) is 226 cm³/mol. The van der Waals surface area contributed by atoms with Crippen LogP contribution in [0.4, 0.5) is 17.1 Å². The Bertz CT molecular complexity index is 3330. The smallest absolute Gasteiger partial charge is 0.180 e. The zero-order valence-corrected chi connectivity index (χ0v) is 29.5. The number of furan rings is 1. The van der Waals surface area contributed by atoms with E-state index in [2.05, 4.69) is 173 Å². The van der Waals surface area contributed by atoms with Crippen molar-refractivity contribution >= 4 is 71.7 Å². The molecule has 12 rings (SSSR count). The molecule has 0 bridgehead atoms. The molecule has 5 heteroatoms. The minimum absolute atomic E-state index is 0.636. The number of fused-ring (bicyclic) bond motifs is 8. The third kappa shape index (κ3) is 4.35. The van der Waals surface area contributed by atoms with Crippen LogP contribution in [0.2, 0.25) is 0 Å². The van der Waals surface area contributed by atoms with Crippen molar-refractivity contribution in [3.05, 3.63) is 182 Å². The van der Waals surface area contributed by atoms with Gasteiger partial charge in [-0.15, -0.1) is 0 Å². The van der Waals surface area contributed by atoms with Crippen molar-refractivity contribution in [1.29, 1.82) is 0 Å². The van der Waals surface area contributed by atoms with Gasteiger partial charge in [-0.25, -0.2) is 9.97 Å². The van der Waals surface area contributed by atoms with Gasteiger partial charge in [0.25, 0.3) is 0 Å². The Hall–Kier alpha value is -7.50. The number of para-hydroxylation sites is 5. The second kappa shape index (κ2) is 11.5. The number of hydrogen-bond acceptors (Lipinski definition) is 4. The number of benzene rings is 8. The standard InChI is InChI=1S/C50H30N4O/c1-2-16-33(17-3-1)53-40-23-8-4-18-34(40)36-29-28-32(30-44(36)53)47-49-48(39-21-7-11-27-45(39)55-49)52-50(51-47)38-20-6-10-25-42(38)54-41-24-9-5-19-35(41)37-22-12-14-31-15-13-26-43(54)46(31)37/h1-30H. The van der Waals surface area contributed by atoms with Crippen LogP contribution in [0, 0.1) is 0 Å². The number of nitrogens with zero attached hydrogens (tertiary/aromatic N) is 4. The van der Waals surface area contributed by atoms with Crippen LogP contribution in [0.3, 0.4) is 0 Å². The molecule has 1 aliphatic heterocycles. The highest BCUT2D eigenvalue weighted by Crippen LogP contribution is 2.52. The van der Waals surface area contributed by atoms with Gasteiger partial charge in [0.2, 0.25) is 0 Å². The van der Waals surface area contributed by atoms with Gasteiger partial charge in [-0.1, -0.05) is 121 Å². The molecular weight excluding hydrogens is 673 g/mol. The summed E-state index contributed by atoms with van der Waals surface area (Å²) in [5.74, 6) is 0.636. The van der Waals surface area contributed by atoms with Crippen LogP contribution in [0.15, 0.2) is 186 Å². The molecule has 3 aromatic heterocycles. The first-order valence-electron chi connectivity index (χ1n) is 18.6. The predicted octanol–water partition coefficient (Wildman–Crippen LogP) is 13.4. The van der Waals surface area contributed by atoms with E-state index < -0.39 is 0 Å². The van der Waals surface area contributed by atoms with Gasteiger partial charge in [0.05, 0.1) is 28.1 Å². The van der Waals surface area contributed by atoms with Gasteiger partial charge in [0.15, 0.2) is 11.4 Å². The zero-order chi connectivity index (χ0) is 36.0. The molecule has 0 saturated carbocycles. The Labute approximate surface area is 316 Å². The molecule has 0 saturated heterocycles. The Morgan fingerprint density at radius 3 is 1.98 bits per heavy atom. The highest BCUT2D eigenvalue weighted by atomic mass is 16.3. The lowest BCUT2D eigenvalue weighted by atomic mass is 9.90. The van der Waals surface area contributed by atoms with Crippen molar-refractivity contribution in [2.24, 2.45) is 0 Å². The summed E-state index contributed by atoms with van der Waals surface area (Å²) in [4.78, 5) is 13.2. The molecule has 4 heterocycles. The summed E-state index contributed by atoms with van der Waals surface area (Å²) in [6.45, 7) is 0. The second-order valence-corrected chi connectivity index (χ2v) is 14.1. The molecule has 0 atom stereocenters. The summed E-state index contributed by atoms with van der Waals surface area (Å²) in [5, 5.41) is 5.79. The Morgan fingerprint density at radius 2 is 1.11 bits per heavy atom. The maximum absolute atomic E-state index is 6.64. The molecule has 0 N–H and O–H groups in total. The number of rotatable bonds is 4. The molecule has 0 unspecified atom stereocenters. The molecule has 0 amide bonds. The van der Waals surface area contributed by atoms with Gasteiger partial charge < -0.3 is 13.9 Å². The van der Waals surface area contributed by atoms with Crippen molar-refractivity contribution < 1.29 is 4.42 Å². The number of anilines is 3. The molecule has 0 radical (unpaired) electrons. The van der Waals surface area contributed by atoms with Crippen LogP contribution < -0.4 is 4.90 Å². The summed E-state index contributed by atoms with van der Waals surface area (Å²) >= 11 is 0. The van der Waals surface area contributed by atoms with Gasteiger partial charge in [-0.3, -0.25) is 0 Å². The molecular formula is C50H30N4O. The van der Waals surface area contributed by atoms with E-state index in [0.29, 0.717) is 11.4 Å². The molecule has 0 spiro atoms. The first-order valence-corrected chi connectivity index (χ1v) is 18.6. The first kappa shape index (κ1) is 30.0. The normalized spacial score (nSPS) is 12.3. The van der Waals surface area contributed by atoms with Crippen LogP contribution in [0.1, 0.15) is 0 Å². The van der Waals surface area contributed by atoms with Crippen LogP contribution in [0.25, 0.3) is 94.1 Å². The molecule has 0 fully saturated rings. The SMILES string of the molecule is c1ccc(-n2c3ccccc3c3ccc(-c4nc(-c5ccccc5N5c6ccccc6-c6cccc7cccc5c67)nc5c4oc4ccccc45)cc32)cc1. The van der Waals surface area contributed by atoms with E-state index in [-0.39, 0.29) is 0 Å². The Morgan fingerprint density at radius 1 is 0.455 bits per heavy atom.